The molecule has 1 atom stereocenters. The molecule has 1 heterocycles. The number of aromatic nitrogens is 2. The van der Waals surface area contributed by atoms with Crippen molar-refractivity contribution < 1.29 is 30.3 Å². The summed E-state index contributed by atoms with van der Waals surface area (Å²) in [5, 5.41) is 16.9. The number of aliphatic hydroxyl groups excluding tert-OH is 2. The fraction of sp³-hybridized carbons (Fsp3) is 0.368. The van der Waals surface area contributed by atoms with Crippen LogP contribution in [0.15, 0.2) is 48.5 Å². The van der Waals surface area contributed by atoms with Crippen LogP contribution in [-0.4, -0.2) is 26.3 Å². The van der Waals surface area contributed by atoms with Crippen LogP contribution in [0.25, 0.3) is 11.3 Å². The van der Waals surface area contributed by atoms with Gasteiger partial charge in [0.2, 0.25) is 0 Å². The maximum Gasteiger partial charge on any atom is 0.105 e. The average molecular weight is 506 g/mol. The van der Waals surface area contributed by atoms with E-state index in [4.69, 9.17) is 10.2 Å². The summed E-state index contributed by atoms with van der Waals surface area (Å²) in [5.74, 6) is 0.162. The van der Waals surface area contributed by atoms with Crippen LogP contribution in [0, 0.1) is 6.07 Å². The van der Waals surface area contributed by atoms with Crippen LogP contribution >= 0.6 is 0 Å². The average Bonchev–Trinajstić information content (AvgIpc) is 2.47. The van der Waals surface area contributed by atoms with Crippen molar-refractivity contribution in [1.82, 2.24) is 9.97 Å². The second kappa shape index (κ2) is 10.3. The van der Waals surface area contributed by atoms with Gasteiger partial charge in [0, 0.05) is 31.2 Å². The molecule has 5 heteroatoms. The number of nitrogens with zero attached hydrogens (tertiary/aromatic N) is 2. The van der Waals surface area contributed by atoms with Gasteiger partial charge >= 0.3 is 0 Å². The monoisotopic (exact) mass is 506 g/mol. The zero-order valence-corrected chi connectivity index (χ0v) is 17.1. The minimum Gasteiger partial charge on any atom is -0.513 e. The molecule has 0 bridgehead atoms. The first-order chi connectivity index (χ1) is 10.7. The Bertz CT molecular complexity index is 631. The molecule has 0 saturated carbocycles. The molecule has 0 aliphatic heterocycles. The van der Waals surface area contributed by atoms with Gasteiger partial charge in [-0.25, -0.2) is 4.98 Å². The minimum absolute atomic E-state index is 0. The van der Waals surface area contributed by atoms with E-state index >= 15 is 0 Å². The molecule has 1 aromatic carbocycles. The molecule has 24 heavy (non-hydrogen) atoms. The Hall–Kier alpha value is -1.55. The molecule has 0 aliphatic rings. The van der Waals surface area contributed by atoms with Crippen LogP contribution in [-0.2, 0) is 25.5 Å². The normalized spacial score (nSPS) is 12.5. The topological polar surface area (TPSA) is 66.2 Å². The quantitative estimate of drug-likeness (QED) is 0.477. The first-order valence-corrected chi connectivity index (χ1v) is 7.55. The van der Waals surface area contributed by atoms with Gasteiger partial charge in [0.1, 0.15) is 6.33 Å². The van der Waals surface area contributed by atoms with Crippen LogP contribution in [0.3, 0.4) is 0 Å². The SMILES string of the molecule is CC(C)(C)c1cc(-c2[c-]cccc2)ncn1.CC(O)=CC(C)O.[Ir]. The molecular weight excluding hydrogens is 480 g/mol. The Morgan fingerprint density at radius 3 is 2.33 bits per heavy atom. The smallest absolute Gasteiger partial charge is 0.105 e. The standard InChI is InChI=1S/C14H15N2.C5H10O2.Ir/c1-14(2,3)13-9-12(15-10-16-13)11-7-5-4-6-8-11;1-4(6)3-5(2)7;/h4-7,9-10H,1-3H3;3-4,6-7H,1-2H3;/q-1;;. The largest absolute Gasteiger partial charge is 0.513 e. The van der Waals surface area contributed by atoms with Crippen molar-refractivity contribution in [3.63, 3.8) is 0 Å². The van der Waals surface area contributed by atoms with Gasteiger partial charge in [-0.15, -0.1) is 35.9 Å². The summed E-state index contributed by atoms with van der Waals surface area (Å²) < 4.78 is 0. The predicted molar refractivity (Wildman–Crippen MR) is 93.1 cm³/mol. The molecule has 1 unspecified atom stereocenters. The number of allylic oxidation sites excluding steroid dienone is 1. The second-order valence-electron chi connectivity index (χ2n) is 6.36. The minimum atomic E-state index is -0.537. The van der Waals surface area contributed by atoms with Gasteiger partial charge in [-0.2, -0.15) is 0 Å². The maximum atomic E-state index is 8.49. The van der Waals surface area contributed by atoms with Crippen molar-refractivity contribution >= 4 is 0 Å². The zero-order valence-electron chi connectivity index (χ0n) is 14.7. The Kier molecular flexibility index (Phi) is 9.67. The van der Waals surface area contributed by atoms with Crippen LogP contribution in [0.1, 0.15) is 40.3 Å². The van der Waals surface area contributed by atoms with Gasteiger partial charge in [0.05, 0.1) is 11.9 Å². The molecule has 0 fully saturated rings. The Morgan fingerprint density at radius 2 is 1.92 bits per heavy atom. The summed E-state index contributed by atoms with van der Waals surface area (Å²) in [4.78, 5) is 8.59. The van der Waals surface area contributed by atoms with Gasteiger partial charge in [-0.1, -0.05) is 26.8 Å². The molecule has 1 aromatic heterocycles. The van der Waals surface area contributed by atoms with E-state index in [0.717, 1.165) is 17.0 Å². The third-order valence-electron chi connectivity index (χ3n) is 2.90. The summed E-state index contributed by atoms with van der Waals surface area (Å²) in [6, 6.07) is 13.1. The van der Waals surface area contributed by atoms with Gasteiger partial charge in [-0.05, 0) is 25.6 Å². The molecule has 2 rings (SSSR count). The fourth-order valence-corrected chi connectivity index (χ4v) is 1.82. The van der Waals surface area contributed by atoms with E-state index in [0.29, 0.717) is 0 Å². The second-order valence-corrected chi connectivity index (χ2v) is 6.36. The van der Waals surface area contributed by atoms with Gasteiger partial charge in [-0.3, -0.25) is 4.98 Å². The molecular formula is C19H25IrN2O2-. The van der Waals surface area contributed by atoms with Crippen LogP contribution in [0.4, 0.5) is 0 Å². The van der Waals surface area contributed by atoms with Crippen LogP contribution in [0.2, 0.25) is 0 Å². The van der Waals surface area contributed by atoms with Crippen LogP contribution < -0.4 is 0 Å². The number of hydrogen-bond acceptors (Lipinski definition) is 4. The predicted octanol–water partition coefficient (Wildman–Crippen LogP) is 4.07. The summed E-state index contributed by atoms with van der Waals surface area (Å²) in [6.07, 6.45) is 2.45. The molecule has 1 radical (unpaired) electrons. The Labute approximate surface area is 158 Å². The summed E-state index contributed by atoms with van der Waals surface area (Å²) in [6.45, 7) is 9.54. The van der Waals surface area contributed by atoms with E-state index in [1.807, 2.05) is 30.3 Å². The molecule has 4 nitrogen and oxygen atoms in total. The molecule has 0 aliphatic carbocycles. The van der Waals surface area contributed by atoms with E-state index in [1.54, 1.807) is 13.3 Å². The number of rotatable bonds is 2. The molecule has 0 amide bonds. The number of benzene rings is 1. The van der Waals surface area contributed by atoms with E-state index < -0.39 is 6.10 Å². The Morgan fingerprint density at radius 1 is 1.25 bits per heavy atom. The molecule has 133 valence electrons. The third kappa shape index (κ3) is 8.34. The zero-order chi connectivity index (χ0) is 17.5. The first-order valence-electron chi connectivity index (χ1n) is 7.55. The number of aliphatic hydroxyl groups is 2. The molecule has 2 aromatic rings. The summed E-state index contributed by atoms with van der Waals surface area (Å²) in [7, 11) is 0. The van der Waals surface area contributed by atoms with Crippen molar-refractivity contribution in [1.29, 1.82) is 0 Å². The van der Waals surface area contributed by atoms with Crippen molar-refractivity contribution in [2.45, 2.75) is 46.1 Å². The van der Waals surface area contributed by atoms with E-state index in [1.165, 1.54) is 13.0 Å². The van der Waals surface area contributed by atoms with Crippen molar-refractivity contribution in [3.05, 3.63) is 60.3 Å². The van der Waals surface area contributed by atoms with E-state index in [2.05, 4.69) is 36.8 Å². The van der Waals surface area contributed by atoms with Crippen LogP contribution in [0.5, 0.6) is 0 Å². The third-order valence-corrected chi connectivity index (χ3v) is 2.90. The van der Waals surface area contributed by atoms with Crippen molar-refractivity contribution in [2.75, 3.05) is 0 Å². The van der Waals surface area contributed by atoms with E-state index in [9.17, 15) is 0 Å². The summed E-state index contributed by atoms with van der Waals surface area (Å²) >= 11 is 0. The summed E-state index contributed by atoms with van der Waals surface area (Å²) in [5.41, 5.74) is 3.04. The van der Waals surface area contributed by atoms with Gasteiger partial charge in [0.25, 0.3) is 0 Å². The maximum absolute atomic E-state index is 8.49. The Balaban J connectivity index is 0.000000570. The van der Waals surface area contributed by atoms with E-state index in [-0.39, 0.29) is 31.3 Å². The molecule has 0 spiro atoms. The fourth-order valence-electron chi connectivity index (χ4n) is 1.82. The van der Waals surface area contributed by atoms with Gasteiger partial charge < -0.3 is 10.2 Å². The van der Waals surface area contributed by atoms with Gasteiger partial charge in [0.15, 0.2) is 0 Å². The number of hydrogen-bond donors (Lipinski definition) is 2. The first kappa shape index (κ1) is 22.4. The van der Waals surface area contributed by atoms with Crippen molar-refractivity contribution in [3.8, 4) is 11.3 Å². The van der Waals surface area contributed by atoms with Crippen molar-refractivity contribution in [2.24, 2.45) is 0 Å². The molecule has 0 saturated heterocycles. The molecule has 2 N–H and O–H groups in total.